The van der Waals surface area contributed by atoms with E-state index in [0.717, 1.165) is 5.56 Å². The number of nitrogens with one attached hydrogen (secondary N) is 1. The van der Waals surface area contributed by atoms with Crippen molar-refractivity contribution in [3.63, 3.8) is 0 Å². The van der Waals surface area contributed by atoms with Crippen molar-refractivity contribution in [2.45, 2.75) is 31.9 Å². The number of Topliss-reactive ketones (excluding diaryl/α,β-unsaturated/α-hetero) is 1. The Morgan fingerprint density at radius 2 is 2.06 bits per heavy atom. The summed E-state index contributed by atoms with van der Waals surface area (Å²) < 4.78 is 0. The van der Waals surface area contributed by atoms with Crippen LogP contribution in [0.4, 0.5) is 0 Å². The van der Waals surface area contributed by atoms with Crippen molar-refractivity contribution >= 4 is 11.7 Å². The minimum atomic E-state index is -1.94. The summed E-state index contributed by atoms with van der Waals surface area (Å²) in [6.45, 7) is 3.57. The minimum absolute atomic E-state index is 0.0561. The Bertz CT molecular complexity index is 481. The molecule has 4 nitrogen and oxygen atoms in total. The number of carbonyl (C=O) groups is 2. The molecule has 0 saturated heterocycles. The Hall–Kier alpha value is -1.68. The molecule has 0 saturated carbocycles. The predicted octanol–water partition coefficient (Wildman–Crippen LogP) is 0.681. The van der Waals surface area contributed by atoms with Gasteiger partial charge in [0.25, 0.3) is 5.91 Å². The molecule has 1 aromatic carbocycles. The van der Waals surface area contributed by atoms with Crippen LogP contribution in [0.25, 0.3) is 0 Å². The van der Waals surface area contributed by atoms with Crippen molar-refractivity contribution in [2.24, 2.45) is 0 Å². The van der Waals surface area contributed by atoms with E-state index in [4.69, 9.17) is 0 Å². The smallest absolute Gasteiger partial charge is 0.260 e. The number of fused-ring (bicyclic) bond motifs is 1. The van der Waals surface area contributed by atoms with Gasteiger partial charge in [-0.05, 0) is 19.4 Å². The van der Waals surface area contributed by atoms with Gasteiger partial charge >= 0.3 is 0 Å². The van der Waals surface area contributed by atoms with Crippen molar-refractivity contribution in [3.05, 3.63) is 35.4 Å². The second-order valence-electron chi connectivity index (χ2n) is 4.65. The summed E-state index contributed by atoms with van der Waals surface area (Å²) in [4.78, 5) is 23.9. The number of ketones is 1. The summed E-state index contributed by atoms with van der Waals surface area (Å²) in [5, 5.41) is 12.8. The molecule has 0 aromatic heterocycles. The molecular weight excluding hydrogens is 218 g/mol. The predicted molar refractivity (Wildman–Crippen MR) is 62.7 cm³/mol. The second kappa shape index (κ2) is 3.96. The minimum Gasteiger partial charge on any atom is -0.373 e. The van der Waals surface area contributed by atoms with Gasteiger partial charge in [-0.15, -0.1) is 0 Å². The third-order valence-corrected chi connectivity index (χ3v) is 2.88. The van der Waals surface area contributed by atoms with Crippen molar-refractivity contribution < 1.29 is 14.7 Å². The standard InChI is InChI=1S/C13H15NO3/c1-8(2)14-12(16)13(17)7-9-5-3-4-6-10(9)11(13)15/h3-6,8,17H,7H2,1-2H3,(H,14,16)/t13-/m0/s1. The molecule has 4 heteroatoms. The fraction of sp³-hybridized carbons (Fsp3) is 0.385. The molecule has 1 aliphatic carbocycles. The first-order valence-corrected chi connectivity index (χ1v) is 5.61. The van der Waals surface area contributed by atoms with E-state index in [1.165, 1.54) is 0 Å². The highest BCUT2D eigenvalue weighted by Gasteiger charge is 2.49. The monoisotopic (exact) mass is 233 g/mol. The van der Waals surface area contributed by atoms with Gasteiger partial charge in [0.2, 0.25) is 11.4 Å². The molecule has 2 rings (SSSR count). The summed E-state index contributed by atoms with van der Waals surface area (Å²) in [7, 11) is 0. The van der Waals surface area contributed by atoms with E-state index in [1.807, 2.05) is 0 Å². The van der Waals surface area contributed by atoms with Gasteiger partial charge in [-0.3, -0.25) is 9.59 Å². The van der Waals surface area contributed by atoms with Gasteiger partial charge in [-0.2, -0.15) is 0 Å². The summed E-state index contributed by atoms with van der Waals surface area (Å²) in [5.74, 6) is -1.13. The molecule has 0 bridgehead atoms. The number of hydrogen-bond acceptors (Lipinski definition) is 3. The van der Waals surface area contributed by atoms with Gasteiger partial charge in [0, 0.05) is 18.0 Å². The van der Waals surface area contributed by atoms with E-state index < -0.39 is 17.3 Å². The zero-order valence-corrected chi connectivity index (χ0v) is 9.86. The molecular formula is C13H15NO3. The average Bonchev–Trinajstić information content (AvgIpc) is 2.52. The first kappa shape index (κ1) is 11.8. The SMILES string of the molecule is CC(C)NC(=O)[C@]1(O)Cc2ccccc2C1=O. The summed E-state index contributed by atoms with van der Waals surface area (Å²) in [6, 6.07) is 6.80. The van der Waals surface area contributed by atoms with Crippen LogP contribution >= 0.6 is 0 Å². The molecule has 0 heterocycles. The highest BCUT2D eigenvalue weighted by atomic mass is 16.3. The van der Waals surface area contributed by atoms with Crippen LogP contribution in [0.5, 0.6) is 0 Å². The lowest BCUT2D eigenvalue weighted by Crippen LogP contribution is -2.53. The number of hydrogen-bond donors (Lipinski definition) is 2. The lowest BCUT2D eigenvalue weighted by atomic mass is 9.98. The van der Waals surface area contributed by atoms with Crippen molar-refractivity contribution in [1.82, 2.24) is 5.32 Å². The Kier molecular flexibility index (Phi) is 2.75. The zero-order valence-electron chi connectivity index (χ0n) is 9.86. The summed E-state index contributed by atoms with van der Waals surface area (Å²) >= 11 is 0. The number of carbonyl (C=O) groups excluding carboxylic acids is 2. The molecule has 0 spiro atoms. The average molecular weight is 233 g/mol. The quantitative estimate of drug-likeness (QED) is 0.738. The van der Waals surface area contributed by atoms with Crippen LogP contribution in [0.15, 0.2) is 24.3 Å². The van der Waals surface area contributed by atoms with E-state index in [1.54, 1.807) is 38.1 Å². The summed E-state index contributed by atoms with van der Waals surface area (Å²) in [5.41, 5.74) is -0.777. The van der Waals surface area contributed by atoms with Crippen LogP contribution in [0.1, 0.15) is 29.8 Å². The van der Waals surface area contributed by atoms with Crippen LogP contribution in [0.3, 0.4) is 0 Å². The largest absolute Gasteiger partial charge is 0.373 e. The van der Waals surface area contributed by atoms with E-state index in [2.05, 4.69) is 5.32 Å². The Morgan fingerprint density at radius 3 is 2.65 bits per heavy atom. The van der Waals surface area contributed by atoms with Gasteiger partial charge in [0.1, 0.15) is 0 Å². The third-order valence-electron chi connectivity index (χ3n) is 2.88. The topological polar surface area (TPSA) is 66.4 Å². The van der Waals surface area contributed by atoms with Crippen molar-refractivity contribution in [1.29, 1.82) is 0 Å². The van der Waals surface area contributed by atoms with Crippen LogP contribution in [-0.2, 0) is 11.2 Å². The third kappa shape index (κ3) is 1.85. The molecule has 1 aliphatic rings. The Balaban J connectivity index is 2.32. The Labute approximate surface area is 99.6 Å². The lowest BCUT2D eigenvalue weighted by molar-refractivity contribution is -0.135. The van der Waals surface area contributed by atoms with Crippen LogP contribution in [-0.4, -0.2) is 28.4 Å². The zero-order chi connectivity index (χ0) is 12.6. The molecule has 0 unspecified atom stereocenters. The Morgan fingerprint density at radius 1 is 1.41 bits per heavy atom. The maximum absolute atomic E-state index is 12.0. The molecule has 1 aromatic rings. The highest BCUT2D eigenvalue weighted by molar-refractivity contribution is 6.20. The van der Waals surface area contributed by atoms with E-state index in [0.29, 0.717) is 5.56 Å². The van der Waals surface area contributed by atoms with E-state index >= 15 is 0 Å². The maximum atomic E-state index is 12.0. The summed E-state index contributed by atoms with van der Waals surface area (Å²) in [6.07, 6.45) is 0.0561. The number of rotatable bonds is 2. The second-order valence-corrected chi connectivity index (χ2v) is 4.65. The highest BCUT2D eigenvalue weighted by Crippen LogP contribution is 2.30. The fourth-order valence-electron chi connectivity index (χ4n) is 2.04. The molecule has 0 radical (unpaired) electrons. The molecule has 1 atom stereocenters. The lowest BCUT2D eigenvalue weighted by Gasteiger charge is -2.21. The molecule has 2 N–H and O–H groups in total. The van der Waals surface area contributed by atoms with E-state index in [9.17, 15) is 14.7 Å². The number of benzene rings is 1. The van der Waals surface area contributed by atoms with Crippen LogP contribution < -0.4 is 5.32 Å². The van der Waals surface area contributed by atoms with Crippen LogP contribution in [0.2, 0.25) is 0 Å². The van der Waals surface area contributed by atoms with Crippen LogP contribution in [0, 0.1) is 0 Å². The fourth-order valence-corrected chi connectivity index (χ4v) is 2.04. The number of aliphatic hydroxyl groups is 1. The molecule has 0 fully saturated rings. The maximum Gasteiger partial charge on any atom is 0.260 e. The van der Waals surface area contributed by atoms with Crippen molar-refractivity contribution in [3.8, 4) is 0 Å². The number of amides is 1. The van der Waals surface area contributed by atoms with Gasteiger partial charge in [0.05, 0.1) is 0 Å². The van der Waals surface area contributed by atoms with Gasteiger partial charge in [0.15, 0.2) is 0 Å². The van der Waals surface area contributed by atoms with Gasteiger partial charge in [-0.25, -0.2) is 0 Å². The van der Waals surface area contributed by atoms with E-state index in [-0.39, 0.29) is 12.5 Å². The molecule has 1 amide bonds. The molecule has 90 valence electrons. The molecule has 0 aliphatic heterocycles. The first-order valence-electron chi connectivity index (χ1n) is 5.61. The van der Waals surface area contributed by atoms with Crippen molar-refractivity contribution in [2.75, 3.05) is 0 Å². The van der Waals surface area contributed by atoms with Gasteiger partial charge < -0.3 is 10.4 Å². The van der Waals surface area contributed by atoms with Gasteiger partial charge in [-0.1, -0.05) is 24.3 Å². The first-order chi connectivity index (χ1) is 7.95. The molecule has 17 heavy (non-hydrogen) atoms. The normalized spacial score (nSPS) is 22.7.